The first-order valence-corrected chi connectivity index (χ1v) is 8.66. The van der Waals surface area contributed by atoms with Crippen molar-refractivity contribution in [3.05, 3.63) is 0 Å². The van der Waals surface area contributed by atoms with E-state index in [0.717, 1.165) is 34.9 Å². The number of unbranched alkanes of at least 4 members (excludes halogenated alkanes) is 3. The van der Waals surface area contributed by atoms with Crippen LogP contribution in [0.2, 0.25) is 0 Å². The second-order valence-electron chi connectivity index (χ2n) is 7.98. The van der Waals surface area contributed by atoms with Crippen molar-refractivity contribution >= 4 is 0 Å². The van der Waals surface area contributed by atoms with Gasteiger partial charge in [0.05, 0.1) is 40.3 Å². The van der Waals surface area contributed by atoms with Crippen LogP contribution in [0, 0.1) is 23.7 Å². The van der Waals surface area contributed by atoms with Gasteiger partial charge in [-0.15, -0.1) is 0 Å². The van der Waals surface area contributed by atoms with Crippen LogP contribution in [0.15, 0.2) is 0 Å². The Bertz CT molecular complexity index is 380. The SMILES string of the molecule is CC(C)[N+](C)(C)CC#CCCCCC#CC[N+](C)(C)C(C)C. The molecule has 0 bridgehead atoms. The van der Waals surface area contributed by atoms with Gasteiger partial charge in [0.1, 0.15) is 13.1 Å². The standard InChI is InChI=1S/C20H38N2/c1-19(2)21(5,6)17-15-13-11-9-10-12-14-16-18-22(7,8)20(3)4/h19-20H,9-12,17-18H2,1-8H3/q+2. The van der Waals surface area contributed by atoms with Gasteiger partial charge < -0.3 is 8.97 Å². The number of nitrogens with zero attached hydrogens (tertiary/aromatic N) is 2. The minimum Gasteiger partial charge on any atom is -0.316 e. The number of hydrogen-bond donors (Lipinski definition) is 0. The van der Waals surface area contributed by atoms with Crippen LogP contribution in [0.3, 0.4) is 0 Å². The van der Waals surface area contributed by atoms with Crippen LogP contribution >= 0.6 is 0 Å². The minimum absolute atomic E-state index is 0.623. The van der Waals surface area contributed by atoms with Crippen molar-refractivity contribution in [3.8, 4) is 23.7 Å². The van der Waals surface area contributed by atoms with Gasteiger partial charge >= 0.3 is 0 Å². The number of quaternary nitrogens is 2. The zero-order valence-corrected chi connectivity index (χ0v) is 16.3. The van der Waals surface area contributed by atoms with Crippen molar-refractivity contribution in [1.82, 2.24) is 0 Å². The molecule has 0 aliphatic heterocycles. The molecule has 0 atom stereocenters. The highest BCUT2D eigenvalue weighted by molar-refractivity contribution is 5.01. The van der Waals surface area contributed by atoms with Crippen molar-refractivity contribution in [2.75, 3.05) is 41.3 Å². The lowest BCUT2D eigenvalue weighted by Gasteiger charge is -2.31. The van der Waals surface area contributed by atoms with Gasteiger partial charge in [0, 0.05) is 12.8 Å². The van der Waals surface area contributed by atoms with Crippen molar-refractivity contribution in [3.63, 3.8) is 0 Å². The molecule has 22 heavy (non-hydrogen) atoms. The van der Waals surface area contributed by atoms with Crippen molar-refractivity contribution in [2.45, 2.75) is 65.5 Å². The predicted octanol–water partition coefficient (Wildman–Crippen LogP) is 3.52. The summed E-state index contributed by atoms with van der Waals surface area (Å²) in [6, 6.07) is 1.25. The van der Waals surface area contributed by atoms with Gasteiger partial charge in [0.25, 0.3) is 0 Å². The fraction of sp³-hybridized carbons (Fsp3) is 0.800. The molecule has 0 unspecified atom stereocenters. The molecule has 0 aromatic carbocycles. The molecular formula is C20H38N2+2. The largest absolute Gasteiger partial charge is 0.316 e. The Morgan fingerprint density at radius 3 is 1.18 bits per heavy atom. The summed E-state index contributed by atoms with van der Waals surface area (Å²) >= 11 is 0. The van der Waals surface area contributed by atoms with E-state index < -0.39 is 0 Å². The van der Waals surface area contributed by atoms with E-state index in [4.69, 9.17) is 0 Å². The highest BCUT2D eigenvalue weighted by Crippen LogP contribution is 2.05. The summed E-state index contributed by atoms with van der Waals surface area (Å²) in [5.41, 5.74) is 0. The Labute approximate surface area is 140 Å². The van der Waals surface area contributed by atoms with E-state index in [2.05, 4.69) is 79.6 Å². The first-order valence-electron chi connectivity index (χ1n) is 8.66. The molecule has 0 amide bonds. The molecule has 0 heterocycles. The molecule has 0 spiro atoms. The Hall–Kier alpha value is -0.960. The van der Waals surface area contributed by atoms with Crippen LogP contribution in [0.5, 0.6) is 0 Å². The monoisotopic (exact) mass is 306 g/mol. The van der Waals surface area contributed by atoms with Crippen LogP contribution in [0.25, 0.3) is 0 Å². The van der Waals surface area contributed by atoms with Crippen LogP contribution < -0.4 is 0 Å². The summed E-state index contributed by atoms with van der Waals surface area (Å²) in [5.74, 6) is 13.3. The maximum absolute atomic E-state index is 3.33. The average molecular weight is 307 g/mol. The Morgan fingerprint density at radius 1 is 0.591 bits per heavy atom. The summed E-state index contributed by atoms with van der Waals surface area (Å²) in [6.07, 6.45) is 4.35. The predicted molar refractivity (Wildman–Crippen MR) is 98.2 cm³/mol. The summed E-state index contributed by atoms with van der Waals surface area (Å²) in [7, 11) is 8.97. The molecule has 0 radical (unpaired) electrons. The normalized spacial score (nSPS) is 11.9. The first-order chi connectivity index (χ1) is 10.1. The second kappa shape index (κ2) is 9.94. The molecule has 0 rings (SSSR count). The fourth-order valence-electron chi connectivity index (χ4n) is 1.49. The summed E-state index contributed by atoms with van der Waals surface area (Å²) < 4.78 is 1.95. The minimum atomic E-state index is 0.623. The van der Waals surface area contributed by atoms with E-state index in [0.29, 0.717) is 12.1 Å². The van der Waals surface area contributed by atoms with Gasteiger partial charge in [0.2, 0.25) is 0 Å². The molecular weight excluding hydrogens is 268 g/mol. The smallest absolute Gasteiger partial charge is 0.140 e. The zero-order valence-electron chi connectivity index (χ0n) is 16.3. The van der Waals surface area contributed by atoms with Crippen LogP contribution in [-0.2, 0) is 0 Å². The van der Waals surface area contributed by atoms with Gasteiger partial charge in [-0.1, -0.05) is 11.8 Å². The summed E-state index contributed by atoms with van der Waals surface area (Å²) in [4.78, 5) is 0. The summed E-state index contributed by atoms with van der Waals surface area (Å²) in [5, 5.41) is 0. The van der Waals surface area contributed by atoms with Crippen LogP contribution in [0.1, 0.15) is 53.4 Å². The number of rotatable bonds is 7. The molecule has 0 saturated carbocycles. The van der Waals surface area contributed by atoms with E-state index in [1.165, 1.54) is 12.8 Å². The fourth-order valence-corrected chi connectivity index (χ4v) is 1.49. The van der Waals surface area contributed by atoms with Crippen LogP contribution in [-0.4, -0.2) is 62.3 Å². The third-order valence-electron chi connectivity index (χ3n) is 4.87. The molecule has 0 fully saturated rings. The zero-order chi connectivity index (χ0) is 17.2. The topological polar surface area (TPSA) is 0 Å². The Balaban J connectivity index is 3.81. The van der Waals surface area contributed by atoms with Gasteiger partial charge in [-0.25, -0.2) is 0 Å². The van der Waals surface area contributed by atoms with E-state index >= 15 is 0 Å². The first kappa shape index (κ1) is 21.0. The molecule has 0 aromatic rings. The van der Waals surface area contributed by atoms with E-state index in [1.54, 1.807) is 0 Å². The summed E-state index contributed by atoms with van der Waals surface area (Å²) in [6.45, 7) is 10.9. The third kappa shape index (κ3) is 9.14. The maximum atomic E-state index is 3.33. The van der Waals surface area contributed by atoms with E-state index in [9.17, 15) is 0 Å². The molecule has 0 aliphatic carbocycles. The molecule has 0 saturated heterocycles. The van der Waals surface area contributed by atoms with Gasteiger partial charge in [0.15, 0.2) is 0 Å². The molecule has 0 aromatic heterocycles. The lowest BCUT2D eigenvalue weighted by atomic mass is 10.2. The van der Waals surface area contributed by atoms with Crippen molar-refractivity contribution in [1.29, 1.82) is 0 Å². The van der Waals surface area contributed by atoms with Crippen LogP contribution in [0.4, 0.5) is 0 Å². The van der Waals surface area contributed by atoms with Gasteiger partial charge in [-0.3, -0.25) is 0 Å². The lowest BCUT2D eigenvalue weighted by Crippen LogP contribution is -2.45. The van der Waals surface area contributed by atoms with Crippen molar-refractivity contribution < 1.29 is 8.97 Å². The highest BCUT2D eigenvalue weighted by Gasteiger charge is 2.17. The van der Waals surface area contributed by atoms with E-state index in [-0.39, 0.29) is 0 Å². The molecule has 0 aliphatic rings. The number of hydrogen-bond acceptors (Lipinski definition) is 0. The average Bonchev–Trinajstić information content (AvgIpc) is 2.40. The lowest BCUT2D eigenvalue weighted by molar-refractivity contribution is -0.904. The van der Waals surface area contributed by atoms with E-state index in [1.807, 2.05) is 0 Å². The van der Waals surface area contributed by atoms with Crippen molar-refractivity contribution in [2.24, 2.45) is 0 Å². The Morgan fingerprint density at radius 2 is 0.909 bits per heavy atom. The molecule has 2 heteroatoms. The highest BCUT2D eigenvalue weighted by atomic mass is 15.3. The van der Waals surface area contributed by atoms with Gasteiger partial charge in [-0.05, 0) is 52.4 Å². The Kier molecular flexibility index (Phi) is 9.50. The quantitative estimate of drug-likeness (QED) is 0.383. The second-order valence-corrected chi connectivity index (χ2v) is 7.98. The third-order valence-corrected chi connectivity index (χ3v) is 4.87. The molecule has 126 valence electrons. The maximum Gasteiger partial charge on any atom is 0.140 e. The van der Waals surface area contributed by atoms with Gasteiger partial charge in [-0.2, -0.15) is 0 Å². The molecule has 0 N–H and O–H groups in total. The molecule has 2 nitrogen and oxygen atoms in total.